The van der Waals surface area contributed by atoms with Gasteiger partial charge in [0.25, 0.3) is 0 Å². The van der Waals surface area contributed by atoms with Gasteiger partial charge in [-0.05, 0) is 29.9 Å². The third kappa shape index (κ3) is 3.69. The molecule has 0 aliphatic carbocycles. The molecule has 0 aromatic heterocycles. The van der Waals surface area contributed by atoms with Crippen LogP contribution in [0.1, 0.15) is 18.9 Å². The van der Waals surface area contributed by atoms with E-state index in [1.807, 2.05) is 17.8 Å². The van der Waals surface area contributed by atoms with E-state index in [2.05, 4.69) is 44.2 Å². The third-order valence-corrected chi connectivity index (χ3v) is 2.47. The molecule has 0 saturated carbocycles. The maximum atomic E-state index is 3.67. The van der Waals surface area contributed by atoms with Gasteiger partial charge in [-0.1, -0.05) is 25.1 Å². The van der Waals surface area contributed by atoms with Crippen molar-refractivity contribution in [1.82, 2.24) is 0 Å². The molecule has 0 bridgehead atoms. The van der Waals surface area contributed by atoms with Crippen molar-refractivity contribution >= 4 is 11.8 Å². The predicted octanol–water partition coefficient (Wildman–Crippen LogP) is 3.80. The van der Waals surface area contributed by atoms with Crippen molar-refractivity contribution in [3.05, 3.63) is 48.9 Å². The fourth-order valence-electron chi connectivity index (χ4n) is 1.05. The first kappa shape index (κ1) is 10.4. The van der Waals surface area contributed by atoms with E-state index in [9.17, 15) is 0 Å². The summed E-state index contributed by atoms with van der Waals surface area (Å²) in [5.41, 5.74) is 1.17. The van der Waals surface area contributed by atoms with Crippen LogP contribution in [0.15, 0.2) is 41.8 Å². The molecule has 1 heteroatoms. The summed E-state index contributed by atoms with van der Waals surface area (Å²) in [5, 5.41) is 0. The Morgan fingerprint density at radius 2 is 2.38 bits per heavy atom. The Morgan fingerprint density at radius 3 is 3.08 bits per heavy atom. The zero-order valence-electron chi connectivity index (χ0n) is 7.92. The van der Waals surface area contributed by atoms with Gasteiger partial charge < -0.3 is 0 Å². The van der Waals surface area contributed by atoms with E-state index in [0.717, 1.165) is 12.2 Å². The molecule has 1 rings (SSSR count). The second-order valence-electron chi connectivity index (χ2n) is 2.63. The van der Waals surface area contributed by atoms with E-state index in [1.54, 1.807) is 0 Å². The maximum Gasteiger partial charge on any atom is 0.0205 e. The lowest BCUT2D eigenvalue weighted by Gasteiger charge is -2.01. The van der Waals surface area contributed by atoms with Crippen LogP contribution < -0.4 is 0 Å². The van der Waals surface area contributed by atoms with Crippen LogP contribution in [0, 0.1) is 6.42 Å². The molecular weight excluding hydrogens is 176 g/mol. The smallest absolute Gasteiger partial charge is 0.0205 e. The van der Waals surface area contributed by atoms with Crippen molar-refractivity contribution in [2.24, 2.45) is 0 Å². The normalized spacial score (nSPS) is 9.92. The molecule has 13 heavy (non-hydrogen) atoms. The number of rotatable bonds is 5. The lowest BCUT2D eigenvalue weighted by molar-refractivity contribution is 1.23. The van der Waals surface area contributed by atoms with Crippen molar-refractivity contribution in [3.63, 3.8) is 0 Å². The predicted molar refractivity (Wildman–Crippen MR) is 60.0 cm³/mol. The monoisotopic (exact) mass is 190 g/mol. The molecule has 0 fully saturated rings. The minimum atomic E-state index is 0.820. The summed E-state index contributed by atoms with van der Waals surface area (Å²) in [6.45, 7) is 5.83. The molecule has 0 aliphatic rings. The van der Waals surface area contributed by atoms with Gasteiger partial charge in [0.05, 0.1) is 0 Å². The highest BCUT2D eigenvalue weighted by Crippen LogP contribution is 2.19. The zero-order valence-corrected chi connectivity index (χ0v) is 8.73. The summed E-state index contributed by atoms with van der Waals surface area (Å²) in [6.07, 6.45) is 5.94. The van der Waals surface area contributed by atoms with E-state index < -0.39 is 0 Å². The molecule has 0 aliphatic heterocycles. The summed E-state index contributed by atoms with van der Waals surface area (Å²) in [7, 11) is 0. The largest absolute Gasteiger partial charge is 0.126 e. The highest BCUT2D eigenvalue weighted by molar-refractivity contribution is 7.99. The first-order chi connectivity index (χ1) is 6.36. The number of allylic oxidation sites excluding steroid dienone is 1. The first-order valence-electron chi connectivity index (χ1n) is 4.44. The quantitative estimate of drug-likeness (QED) is 0.502. The van der Waals surface area contributed by atoms with Crippen LogP contribution in [0.3, 0.4) is 0 Å². The SMILES string of the molecule is C=CC[C]c1cccc(SCC)c1. The summed E-state index contributed by atoms with van der Waals surface area (Å²) in [5.74, 6) is 1.12. The Balaban J connectivity index is 2.61. The van der Waals surface area contributed by atoms with Crippen molar-refractivity contribution < 1.29 is 0 Å². The van der Waals surface area contributed by atoms with E-state index in [-0.39, 0.29) is 0 Å². The van der Waals surface area contributed by atoms with Gasteiger partial charge in [-0.15, -0.1) is 18.3 Å². The molecule has 0 N–H and O–H groups in total. The minimum Gasteiger partial charge on any atom is -0.126 e. The van der Waals surface area contributed by atoms with Crippen molar-refractivity contribution in [2.75, 3.05) is 5.75 Å². The van der Waals surface area contributed by atoms with E-state index in [1.165, 1.54) is 10.5 Å². The molecule has 1 aromatic carbocycles. The average molecular weight is 190 g/mol. The van der Waals surface area contributed by atoms with Gasteiger partial charge in [0.15, 0.2) is 0 Å². The number of hydrogen-bond donors (Lipinski definition) is 0. The molecule has 0 nitrogen and oxygen atoms in total. The molecule has 0 saturated heterocycles. The molecular formula is C12H14S. The highest BCUT2D eigenvalue weighted by Gasteiger charge is 1.95. The molecule has 0 heterocycles. The summed E-state index contributed by atoms with van der Waals surface area (Å²) < 4.78 is 0. The van der Waals surface area contributed by atoms with E-state index >= 15 is 0 Å². The fourth-order valence-corrected chi connectivity index (χ4v) is 1.77. The van der Waals surface area contributed by atoms with Crippen molar-refractivity contribution in [3.8, 4) is 0 Å². The Morgan fingerprint density at radius 1 is 1.54 bits per heavy atom. The average Bonchev–Trinajstić information content (AvgIpc) is 2.16. The topological polar surface area (TPSA) is 0 Å². The number of hydrogen-bond acceptors (Lipinski definition) is 1. The third-order valence-electron chi connectivity index (χ3n) is 1.60. The van der Waals surface area contributed by atoms with Gasteiger partial charge >= 0.3 is 0 Å². The fraction of sp³-hybridized carbons (Fsp3) is 0.250. The lowest BCUT2D eigenvalue weighted by atomic mass is 10.1. The van der Waals surface area contributed by atoms with Crippen LogP contribution in [0.4, 0.5) is 0 Å². The standard InChI is InChI=1S/C12H14S/c1-3-5-7-11-8-6-9-12(10-11)13-4-2/h3,6,8-10H,1,4-5H2,2H3. The Hall–Kier alpha value is -0.690. The first-order valence-corrected chi connectivity index (χ1v) is 5.43. The molecule has 1 aromatic rings. The molecule has 0 unspecified atom stereocenters. The second-order valence-corrected chi connectivity index (χ2v) is 3.97. The Labute approximate surface area is 85.1 Å². The van der Waals surface area contributed by atoms with Gasteiger partial charge in [-0.3, -0.25) is 0 Å². The number of benzene rings is 1. The van der Waals surface area contributed by atoms with Crippen LogP contribution >= 0.6 is 11.8 Å². The molecule has 2 radical (unpaired) electrons. The van der Waals surface area contributed by atoms with Gasteiger partial charge in [0.2, 0.25) is 0 Å². The van der Waals surface area contributed by atoms with E-state index in [4.69, 9.17) is 0 Å². The summed E-state index contributed by atoms with van der Waals surface area (Å²) in [6, 6.07) is 8.44. The van der Waals surface area contributed by atoms with Crippen LogP contribution in [-0.2, 0) is 0 Å². The summed E-state index contributed by atoms with van der Waals surface area (Å²) in [4.78, 5) is 1.32. The molecule has 0 spiro atoms. The molecule has 0 atom stereocenters. The molecule has 68 valence electrons. The van der Waals surface area contributed by atoms with Gasteiger partial charge in [-0.2, -0.15) is 0 Å². The van der Waals surface area contributed by atoms with Crippen LogP contribution in [-0.4, -0.2) is 5.75 Å². The van der Waals surface area contributed by atoms with Gasteiger partial charge in [0, 0.05) is 11.3 Å². The highest BCUT2D eigenvalue weighted by atomic mass is 32.2. The Bertz CT molecular complexity index is 266. The lowest BCUT2D eigenvalue weighted by Crippen LogP contribution is -1.81. The Kier molecular flexibility index (Phi) is 4.69. The maximum absolute atomic E-state index is 3.67. The van der Waals surface area contributed by atoms with Crippen molar-refractivity contribution in [1.29, 1.82) is 0 Å². The van der Waals surface area contributed by atoms with Crippen LogP contribution in [0.25, 0.3) is 0 Å². The van der Waals surface area contributed by atoms with Crippen molar-refractivity contribution in [2.45, 2.75) is 18.2 Å². The van der Waals surface area contributed by atoms with Crippen LogP contribution in [0.5, 0.6) is 0 Å². The number of thioether (sulfide) groups is 1. The summed E-state index contributed by atoms with van der Waals surface area (Å²) >= 11 is 1.86. The van der Waals surface area contributed by atoms with E-state index in [0.29, 0.717) is 0 Å². The second kappa shape index (κ2) is 5.87. The van der Waals surface area contributed by atoms with Crippen LogP contribution in [0.2, 0.25) is 0 Å². The molecule has 0 amide bonds. The van der Waals surface area contributed by atoms with Gasteiger partial charge in [-0.25, -0.2) is 0 Å². The van der Waals surface area contributed by atoms with Gasteiger partial charge in [0.1, 0.15) is 0 Å². The zero-order chi connectivity index (χ0) is 9.52. The minimum absolute atomic E-state index is 0.820.